The van der Waals surface area contributed by atoms with E-state index in [9.17, 15) is 4.39 Å². The zero-order valence-corrected chi connectivity index (χ0v) is 19.2. The van der Waals surface area contributed by atoms with Gasteiger partial charge < -0.3 is 5.73 Å². The molecule has 2 N–H and O–H groups in total. The molecule has 0 aliphatic carbocycles. The van der Waals surface area contributed by atoms with Crippen LogP contribution in [0, 0.1) is 19.7 Å². The van der Waals surface area contributed by atoms with Crippen molar-refractivity contribution < 1.29 is 4.39 Å². The van der Waals surface area contributed by atoms with Crippen LogP contribution in [0.3, 0.4) is 0 Å². The van der Waals surface area contributed by atoms with Gasteiger partial charge in [0.05, 0.1) is 11.3 Å². The molecule has 0 saturated heterocycles. The number of halogens is 1. The number of benzene rings is 2. The van der Waals surface area contributed by atoms with Crippen LogP contribution >= 0.6 is 0 Å². The molecule has 2 aromatic carbocycles. The van der Waals surface area contributed by atoms with E-state index in [0.717, 1.165) is 39.2 Å². The number of hydrogen-bond donors (Lipinski definition) is 1. The predicted octanol–water partition coefficient (Wildman–Crippen LogP) is 6.51. The quantitative estimate of drug-likeness (QED) is 0.348. The summed E-state index contributed by atoms with van der Waals surface area (Å²) in [4.78, 5) is 14.1. The van der Waals surface area contributed by atoms with Crippen molar-refractivity contribution in [2.75, 3.05) is 5.73 Å². The van der Waals surface area contributed by atoms with Gasteiger partial charge in [-0.15, -0.1) is 0 Å². The molecule has 6 heteroatoms. The highest BCUT2D eigenvalue weighted by atomic mass is 19.1. The summed E-state index contributed by atoms with van der Waals surface area (Å²) in [5.74, 6) is 0.802. The maximum Gasteiger partial charge on any atom is 0.165 e. The van der Waals surface area contributed by atoms with Crippen molar-refractivity contribution in [3.05, 3.63) is 89.9 Å². The number of nitrogens with two attached hydrogens (primary N) is 1. The van der Waals surface area contributed by atoms with Crippen molar-refractivity contribution >= 4 is 17.0 Å². The van der Waals surface area contributed by atoms with E-state index in [1.54, 1.807) is 18.3 Å². The van der Waals surface area contributed by atoms with Gasteiger partial charge in [-0.3, -0.25) is 4.57 Å². The standard InChI is InChI=1S/C25H20FN5.C2H6/c1-15-5-11-19(12-6-15)31-24(20-4-3-13-28-23(20)27)29-21-14-16(2)22(30-25(21)31)17-7-9-18(26)10-8-17;1-2/h3-14H,1-2H3,(H2,27,28);1-2H3. The second-order valence-corrected chi connectivity index (χ2v) is 7.55. The molecule has 0 atom stereocenters. The molecule has 5 aromatic rings. The molecule has 0 saturated carbocycles. The average molecular weight is 440 g/mol. The van der Waals surface area contributed by atoms with E-state index >= 15 is 0 Å². The first kappa shape index (κ1) is 22.1. The molecule has 166 valence electrons. The van der Waals surface area contributed by atoms with Gasteiger partial charge in [0.25, 0.3) is 0 Å². The number of nitrogen functional groups attached to an aromatic ring is 1. The zero-order chi connectivity index (χ0) is 23.5. The summed E-state index contributed by atoms with van der Waals surface area (Å²) < 4.78 is 15.4. The number of pyridine rings is 2. The van der Waals surface area contributed by atoms with E-state index in [1.807, 2.05) is 74.7 Å². The maximum absolute atomic E-state index is 13.5. The van der Waals surface area contributed by atoms with Crippen LogP contribution in [-0.4, -0.2) is 19.5 Å². The van der Waals surface area contributed by atoms with Crippen LogP contribution in [0.4, 0.5) is 10.2 Å². The molecule has 0 unspecified atom stereocenters. The molecule has 0 aliphatic rings. The Morgan fingerprint density at radius 2 is 1.58 bits per heavy atom. The molecule has 0 radical (unpaired) electrons. The second kappa shape index (κ2) is 9.20. The largest absolute Gasteiger partial charge is 0.383 e. The minimum Gasteiger partial charge on any atom is -0.383 e. The minimum absolute atomic E-state index is 0.276. The SMILES string of the molecule is CC.Cc1ccc(-n2c(-c3cccnc3N)nc3cc(C)c(-c4ccc(F)cc4)nc32)cc1. The summed E-state index contributed by atoms with van der Waals surface area (Å²) in [6, 6.07) is 20.3. The van der Waals surface area contributed by atoms with Gasteiger partial charge in [0, 0.05) is 17.4 Å². The van der Waals surface area contributed by atoms with E-state index in [2.05, 4.69) is 4.98 Å². The fourth-order valence-electron chi connectivity index (χ4n) is 3.73. The Kier molecular flexibility index (Phi) is 6.18. The number of fused-ring (bicyclic) bond motifs is 1. The summed E-state index contributed by atoms with van der Waals surface area (Å²) in [7, 11) is 0. The Labute approximate surface area is 192 Å². The molecule has 0 bridgehead atoms. The number of aromatic nitrogens is 4. The molecular formula is C27H26FN5. The first-order chi connectivity index (χ1) is 16.0. The van der Waals surface area contributed by atoms with E-state index < -0.39 is 0 Å². The lowest BCUT2D eigenvalue weighted by Crippen LogP contribution is -2.02. The van der Waals surface area contributed by atoms with Gasteiger partial charge in [-0.25, -0.2) is 19.3 Å². The smallest absolute Gasteiger partial charge is 0.165 e. The van der Waals surface area contributed by atoms with Crippen molar-refractivity contribution in [2.24, 2.45) is 0 Å². The van der Waals surface area contributed by atoms with Crippen LogP contribution in [0.25, 0.3) is 39.5 Å². The van der Waals surface area contributed by atoms with Crippen LogP contribution in [0.15, 0.2) is 72.9 Å². The third kappa shape index (κ3) is 4.20. The highest BCUT2D eigenvalue weighted by molar-refractivity contribution is 5.85. The van der Waals surface area contributed by atoms with Crippen molar-refractivity contribution in [2.45, 2.75) is 27.7 Å². The van der Waals surface area contributed by atoms with Crippen LogP contribution < -0.4 is 5.73 Å². The van der Waals surface area contributed by atoms with Gasteiger partial charge >= 0.3 is 0 Å². The van der Waals surface area contributed by atoms with Gasteiger partial charge in [0.15, 0.2) is 11.5 Å². The lowest BCUT2D eigenvalue weighted by atomic mass is 10.1. The number of rotatable bonds is 3. The Bertz CT molecular complexity index is 1400. The van der Waals surface area contributed by atoms with Gasteiger partial charge in [-0.05, 0) is 74.0 Å². The van der Waals surface area contributed by atoms with Crippen LogP contribution in [0.5, 0.6) is 0 Å². The molecule has 33 heavy (non-hydrogen) atoms. The Morgan fingerprint density at radius 3 is 2.24 bits per heavy atom. The van der Waals surface area contributed by atoms with E-state index in [4.69, 9.17) is 15.7 Å². The van der Waals surface area contributed by atoms with E-state index in [-0.39, 0.29) is 5.82 Å². The summed E-state index contributed by atoms with van der Waals surface area (Å²) in [5.41, 5.74) is 13.1. The molecule has 0 amide bonds. The van der Waals surface area contributed by atoms with E-state index in [1.165, 1.54) is 12.1 Å². The van der Waals surface area contributed by atoms with Gasteiger partial charge in [-0.2, -0.15) is 0 Å². The first-order valence-electron chi connectivity index (χ1n) is 11.0. The number of anilines is 1. The lowest BCUT2D eigenvalue weighted by Gasteiger charge is -2.11. The van der Waals surface area contributed by atoms with Crippen LogP contribution in [0.1, 0.15) is 25.0 Å². The molecule has 5 nitrogen and oxygen atoms in total. The molecule has 3 aromatic heterocycles. The average Bonchev–Trinajstić information content (AvgIpc) is 3.19. The summed E-state index contributed by atoms with van der Waals surface area (Å²) >= 11 is 0. The van der Waals surface area contributed by atoms with Crippen molar-refractivity contribution in [1.29, 1.82) is 0 Å². The van der Waals surface area contributed by atoms with E-state index in [0.29, 0.717) is 17.3 Å². The van der Waals surface area contributed by atoms with Gasteiger partial charge in [0.2, 0.25) is 0 Å². The Morgan fingerprint density at radius 1 is 0.879 bits per heavy atom. The zero-order valence-electron chi connectivity index (χ0n) is 19.2. The van der Waals surface area contributed by atoms with Crippen molar-refractivity contribution in [1.82, 2.24) is 19.5 Å². The molecular weight excluding hydrogens is 413 g/mol. The fourth-order valence-corrected chi connectivity index (χ4v) is 3.73. The predicted molar refractivity (Wildman–Crippen MR) is 133 cm³/mol. The molecule has 3 heterocycles. The number of imidazole rings is 1. The Balaban J connectivity index is 0.00000126. The molecule has 0 aliphatic heterocycles. The fraction of sp³-hybridized carbons (Fsp3) is 0.148. The van der Waals surface area contributed by atoms with Crippen LogP contribution in [-0.2, 0) is 0 Å². The highest BCUT2D eigenvalue weighted by Crippen LogP contribution is 2.33. The van der Waals surface area contributed by atoms with Crippen LogP contribution in [0.2, 0.25) is 0 Å². The summed E-state index contributed by atoms with van der Waals surface area (Å²) in [5, 5.41) is 0. The number of aryl methyl sites for hydroxylation is 2. The number of hydrogen-bond acceptors (Lipinski definition) is 4. The van der Waals surface area contributed by atoms with Gasteiger partial charge in [0.1, 0.15) is 17.2 Å². The maximum atomic E-state index is 13.5. The monoisotopic (exact) mass is 439 g/mol. The normalized spacial score (nSPS) is 10.7. The molecule has 0 spiro atoms. The topological polar surface area (TPSA) is 69.6 Å². The van der Waals surface area contributed by atoms with Crippen molar-refractivity contribution in [3.63, 3.8) is 0 Å². The first-order valence-corrected chi connectivity index (χ1v) is 11.0. The third-order valence-electron chi connectivity index (χ3n) is 5.31. The second-order valence-electron chi connectivity index (χ2n) is 7.55. The number of nitrogens with zero attached hydrogens (tertiary/aromatic N) is 4. The van der Waals surface area contributed by atoms with Crippen molar-refractivity contribution in [3.8, 4) is 28.3 Å². The minimum atomic E-state index is -0.276. The molecule has 5 rings (SSSR count). The highest BCUT2D eigenvalue weighted by Gasteiger charge is 2.19. The third-order valence-corrected chi connectivity index (χ3v) is 5.31. The summed E-state index contributed by atoms with van der Waals surface area (Å²) in [6.45, 7) is 8.03. The molecule has 0 fully saturated rings. The summed E-state index contributed by atoms with van der Waals surface area (Å²) in [6.07, 6.45) is 1.66. The van der Waals surface area contributed by atoms with Gasteiger partial charge in [-0.1, -0.05) is 31.5 Å². The lowest BCUT2D eigenvalue weighted by molar-refractivity contribution is 0.628. The Hall–Kier alpha value is -4.06.